The Balaban J connectivity index is 1.89. The van der Waals surface area contributed by atoms with Crippen LogP contribution in [0.4, 0.5) is 0 Å². The number of benzene rings is 2. The minimum absolute atomic E-state index is 0.867. The molecular formula is C17H14N2O. The van der Waals surface area contributed by atoms with Crippen molar-refractivity contribution in [1.29, 1.82) is 0 Å². The van der Waals surface area contributed by atoms with Crippen molar-refractivity contribution in [3.8, 4) is 28.1 Å². The maximum atomic E-state index is 5.17. The van der Waals surface area contributed by atoms with Crippen LogP contribution in [0.15, 0.2) is 67.1 Å². The summed E-state index contributed by atoms with van der Waals surface area (Å²) in [5, 5.41) is 0. The smallest absolute Gasteiger partial charge is 0.118 e. The van der Waals surface area contributed by atoms with Crippen LogP contribution in [-0.2, 0) is 0 Å². The quantitative estimate of drug-likeness (QED) is 0.719. The van der Waals surface area contributed by atoms with Gasteiger partial charge in [0.2, 0.25) is 0 Å². The minimum Gasteiger partial charge on any atom is -0.497 e. The molecule has 0 aliphatic heterocycles. The average molecular weight is 262 g/mol. The fourth-order valence-corrected chi connectivity index (χ4v) is 2.08. The van der Waals surface area contributed by atoms with Gasteiger partial charge in [-0.05, 0) is 29.3 Å². The molecule has 98 valence electrons. The third-order valence-corrected chi connectivity index (χ3v) is 3.19. The minimum atomic E-state index is 0.867. The van der Waals surface area contributed by atoms with Crippen molar-refractivity contribution < 1.29 is 4.74 Å². The largest absolute Gasteiger partial charge is 0.497 e. The van der Waals surface area contributed by atoms with E-state index in [1.54, 1.807) is 19.6 Å². The summed E-state index contributed by atoms with van der Waals surface area (Å²) >= 11 is 0. The van der Waals surface area contributed by atoms with Gasteiger partial charge in [-0.15, -0.1) is 0 Å². The van der Waals surface area contributed by atoms with E-state index < -0.39 is 0 Å². The van der Waals surface area contributed by atoms with Crippen LogP contribution in [0, 0.1) is 0 Å². The SMILES string of the molecule is COc1ccc(-c2ccc(-c3ccncn3)cc2)cc1. The van der Waals surface area contributed by atoms with E-state index in [0.29, 0.717) is 0 Å². The van der Waals surface area contributed by atoms with Crippen LogP contribution in [0.25, 0.3) is 22.4 Å². The maximum absolute atomic E-state index is 5.17. The Kier molecular flexibility index (Phi) is 3.42. The zero-order chi connectivity index (χ0) is 13.8. The summed E-state index contributed by atoms with van der Waals surface area (Å²) in [6, 6.07) is 18.3. The van der Waals surface area contributed by atoms with Crippen LogP contribution < -0.4 is 4.74 Å². The summed E-state index contributed by atoms with van der Waals surface area (Å²) in [6.45, 7) is 0. The molecule has 3 rings (SSSR count). The highest BCUT2D eigenvalue weighted by Crippen LogP contribution is 2.25. The number of aromatic nitrogens is 2. The van der Waals surface area contributed by atoms with Gasteiger partial charge < -0.3 is 4.74 Å². The second-order valence-electron chi connectivity index (χ2n) is 4.40. The Labute approximate surface area is 117 Å². The summed E-state index contributed by atoms with van der Waals surface area (Å²) in [5.74, 6) is 0.867. The fourth-order valence-electron chi connectivity index (χ4n) is 2.08. The summed E-state index contributed by atoms with van der Waals surface area (Å²) in [4.78, 5) is 8.18. The van der Waals surface area contributed by atoms with E-state index in [1.807, 2.05) is 18.2 Å². The van der Waals surface area contributed by atoms with Crippen molar-refractivity contribution >= 4 is 0 Å². The van der Waals surface area contributed by atoms with Crippen LogP contribution >= 0.6 is 0 Å². The molecule has 1 heterocycles. The molecule has 1 aromatic heterocycles. The first-order chi connectivity index (χ1) is 9.86. The van der Waals surface area contributed by atoms with E-state index in [9.17, 15) is 0 Å². The van der Waals surface area contributed by atoms with Gasteiger partial charge in [0.25, 0.3) is 0 Å². The average Bonchev–Trinajstić information content (AvgIpc) is 2.56. The van der Waals surface area contributed by atoms with Crippen LogP contribution in [0.5, 0.6) is 5.75 Å². The summed E-state index contributed by atoms with van der Waals surface area (Å²) < 4.78 is 5.17. The highest BCUT2D eigenvalue weighted by molar-refractivity contribution is 5.69. The zero-order valence-electron chi connectivity index (χ0n) is 11.2. The molecule has 0 aliphatic rings. The molecule has 0 N–H and O–H groups in total. The molecule has 3 heteroatoms. The molecule has 0 aliphatic carbocycles. The normalized spacial score (nSPS) is 10.2. The Morgan fingerprint density at radius 3 is 1.90 bits per heavy atom. The van der Waals surface area contributed by atoms with Crippen molar-refractivity contribution in [3.63, 3.8) is 0 Å². The molecule has 3 aromatic rings. The summed E-state index contributed by atoms with van der Waals surface area (Å²) in [7, 11) is 1.67. The van der Waals surface area contributed by atoms with Gasteiger partial charge in [0.05, 0.1) is 12.8 Å². The van der Waals surface area contributed by atoms with Gasteiger partial charge in [-0.1, -0.05) is 36.4 Å². The lowest BCUT2D eigenvalue weighted by Gasteiger charge is -2.05. The molecule has 0 spiro atoms. The number of nitrogens with zero attached hydrogens (tertiary/aromatic N) is 2. The second-order valence-corrected chi connectivity index (χ2v) is 4.40. The monoisotopic (exact) mass is 262 g/mol. The van der Waals surface area contributed by atoms with E-state index in [2.05, 4.69) is 46.4 Å². The number of rotatable bonds is 3. The molecule has 0 unspecified atom stereocenters. The molecule has 0 saturated carbocycles. The first-order valence-electron chi connectivity index (χ1n) is 6.38. The van der Waals surface area contributed by atoms with Crippen LogP contribution in [0.3, 0.4) is 0 Å². The van der Waals surface area contributed by atoms with Gasteiger partial charge in [0, 0.05) is 11.8 Å². The van der Waals surface area contributed by atoms with Gasteiger partial charge in [0.15, 0.2) is 0 Å². The molecule has 20 heavy (non-hydrogen) atoms. The maximum Gasteiger partial charge on any atom is 0.118 e. The van der Waals surface area contributed by atoms with Gasteiger partial charge in [-0.25, -0.2) is 9.97 Å². The fraction of sp³-hybridized carbons (Fsp3) is 0.0588. The summed E-state index contributed by atoms with van der Waals surface area (Å²) in [5.41, 5.74) is 4.36. The van der Waals surface area contributed by atoms with Gasteiger partial charge in [-0.2, -0.15) is 0 Å². The van der Waals surface area contributed by atoms with Crippen molar-refractivity contribution in [1.82, 2.24) is 9.97 Å². The third kappa shape index (κ3) is 2.52. The molecule has 0 saturated heterocycles. The highest BCUT2D eigenvalue weighted by atomic mass is 16.5. The van der Waals surface area contributed by atoms with Gasteiger partial charge in [-0.3, -0.25) is 0 Å². The predicted molar refractivity (Wildman–Crippen MR) is 79.5 cm³/mol. The van der Waals surface area contributed by atoms with Crippen LogP contribution in [0.2, 0.25) is 0 Å². The number of ether oxygens (including phenoxy) is 1. The van der Waals surface area contributed by atoms with Crippen molar-refractivity contribution in [3.05, 3.63) is 67.1 Å². The lowest BCUT2D eigenvalue weighted by Crippen LogP contribution is -1.85. The molecule has 3 nitrogen and oxygen atoms in total. The van der Waals surface area contributed by atoms with E-state index >= 15 is 0 Å². The van der Waals surface area contributed by atoms with Crippen LogP contribution in [-0.4, -0.2) is 17.1 Å². The lowest BCUT2D eigenvalue weighted by atomic mass is 10.0. The van der Waals surface area contributed by atoms with Gasteiger partial charge >= 0.3 is 0 Å². The van der Waals surface area contributed by atoms with E-state index in [-0.39, 0.29) is 0 Å². The molecule has 0 atom stereocenters. The predicted octanol–water partition coefficient (Wildman–Crippen LogP) is 3.82. The lowest BCUT2D eigenvalue weighted by molar-refractivity contribution is 0.415. The Morgan fingerprint density at radius 1 is 0.750 bits per heavy atom. The molecule has 0 bridgehead atoms. The van der Waals surface area contributed by atoms with Gasteiger partial charge in [0.1, 0.15) is 12.1 Å². The summed E-state index contributed by atoms with van der Waals surface area (Å²) in [6.07, 6.45) is 3.31. The van der Waals surface area contributed by atoms with E-state index in [0.717, 1.165) is 17.0 Å². The third-order valence-electron chi connectivity index (χ3n) is 3.19. The molecule has 0 radical (unpaired) electrons. The highest BCUT2D eigenvalue weighted by Gasteiger charge is 2.01. The number of hydrogen-bond acceptors (Lipinski definition) is 3. The first kappa shape index (κ1) is 12.4. The van der Waals surface area contributed by atoms with E-state index in [1.165, 1.54) is 11.1 Å². The first-order valence-corrected chi connectivity index (χ1v) is 6.38. The number of hydrogen-bond donors (Lipinski definition) is 0. The second kappa shape index (κ2) is 5.53. The molecule has 0 amide bonds. The zero-order valence-corrected chi connectivity index (χ0v) is 11.2. The van der Waals surface area contributed by atoms with Crippen LogP contribution in [0.1, 0.15) is 0 Å². The Morgan fingerprint density at radius 2 is 1.35 bits per heavy atom. The van der Waals surface area contributed by atoms with E-state index in [4.69, 9.17) is 4.74 Å². The van der Waals surface area contributed by atoms with Crippen molar-refractivity contribution in [2.75, 3.05) is 7.11 Å². The Hall–Kier alpha value is -2.68. The van der Waals surface area contributed by atoms with Crippen molar-refractivity contribution in [2.24, 2.45) is 0 Å². The number of methoxy groups -OCH3 is 1. The topological polar surface area (TPSA) is 35.0 Å². The molecular weight excluding hydrogens is 248 g/mol. The Bertz CT molecular complexity index is 676. The molecule has 2 aromatic carbocycles. The van der Waals surface area contributed by atoms with Crippen molar-refractivity contribution in [2.45, 2.75) is 0 Å². The standard InChI is InChI=1S/C17H14N2O/c1-20-16-8-6-14(7-9-16)13-2-4-15(5-3-13)17-10-11-18-12-19-17/h2-12H,1H3. The molecule has 0 fully saturated rings.